The molecule has 0 aliphatic heterocycles. The standard InChI is InChI=1S/C18H13Cl2FN2O5/c1-2-28-18(25)13(9-22-11-5-3-10(21)4-6-11)17(24)12-7-16(23(26)27)15(20)8-14(12)19/h3-9,24H,2H2,1H3/b17-13-,22-9?. The number of aliphatic hydroxyl groups is 1. The second kappa shape index (κ2) is 9.29. The van der Waals surface area contributed by atoms with Gasteiger partial charge in [-0.25, -0.2) is 9.18 Å². The van der Waals surface area contributed by atoms with E-state index in [1.165, 1.54) is 24.3 Å². The number of carbonyl (C=O) groups is 1. The van der Waals surface area contributed by atoms with Crippen LogP contribution in [0.15, 0.2) is 47.0 Å². The third-order valence-corrected chi connectivity index (χ3v) is 4.02. The van der Waals surface area contributed by atoms with Crippen LogP contribution in [0.4, 0.5) is 15.8 Å². The molecule has 28 heavy (non-hydrogen) atoms. The monoisotopic (exact) mass is 426 g/mol. The number of aliphatic imine (C=N–C) groups is 1. The van der Waals surface area contributed by atoms with Gasteiger partial charge in [-0.2, -0.15) is 0 Å². The van der Waals surface area contributed by atoms with Crippen molar-refractivity contribution in [2.75, 3.05) is 6.61 Å². The molecule has 0 aliphatic carbocycles. The van der Waals surface area contributed by atoms with Gasteiger partial charge in [0.2, 0.25) is 0 Å². The number of hydrogen-bond donors (Lipinski definition) is 1. The van der Waals surface area contributed by atoms with Crippen LogP contribution in [0.2, 0.25) is 10.0 Å². The van der Waals surface area contributed by atoms with Crippen molar-refractivity contribution in [3.63, 3.8) is 0 Å². The van der Waals surface area contributed by atoms with Gasteiger partial charge < -0.3 is 9.84 Å². The van der Waals surface area contributed by atoms with Gasteiger partial charge in [-0.3, -0.25) is 15.1 Å². The van der Waals surface area contributed by atoms with E-state index in [0.29, 0.717) is 5.69 Å². The van der Waals surface area contributed by atoms with Crippen molar-refractivity contribution in [3.8, 4) is 0 Å². The Morgan fingerprint density at radius 3 is 2.50 bits per heavy atom. The van der Waals surface area contributed by atoms with Gasteiger partial charge in [-0.05, 0) is 37.3 Å². The van der Waals surface area contributed by atoms with E-state index < -0.39 is 33.7 Å². The molecule has 7 nitrogen and oxygen atoms in total. The molecule has 0 spiro atoms. The maximum atomic E-state index is 13.0. The number of hydrogen-bond acceptors (Lipinski definition) is 6. The van der Waals surface area contributed by atoms with Crippen molar-refractivity contribution < 1.29 is 24.0 Å². The van der Waals surface area contributed by atoms with Gasteiger partial charge in [-0.15, -0.1) is 0 Å². The first-order chi connectivity index (χ1) is 13.2. The molecular weight excluding hydrogens is 414 g/mol. The Kier molecular flexibility index (Phi) is 7.08. The highest BCUT2D eigenvalue weighted by Gasteiger charge is 2.23. The summed E-state index contributed by atoms with van der Waals surface area (Å²) < 4.78 is 17.9. The Hall–Kier alpha value is -2.97. The first kappa shape index (κ1) is 21.3. The van der Waals surface area contributed by atoms with Crippen molar-refractivity contribution in [3.05, 3.63) is 73.5 Å². The number of esters is 1. The molecular formula is C18H13Cl2FN2O5. The molecule has 0 saturated heterocycles. The van der Waals surface area contributed by atoms with Gasteiger partial charge >= 0.3 is 5.97 Å². The van der Waals surface area contributed by atoms with Crippen molar-refractivity contribution in [1.29, 1.82) is 0 Å². The van der Waals surface area contributed by atoms with Crippen molar-refractivity contribution >= 4 is 52.5 Å². The van der Waals surface area contributed by atoms with Crippen molar-refractivity contribution in [1.82, 2.24) is 0 Å². The summed E-state index contributed by atoms with van der Waals surface area (Å²) in [6.45, 7) is 1.57. The van der Waals surface area contributed by atoms with E-state index in [2.05, 4.69) is 4.99 Å². The molecule has 2 rings (SSSR count). The minimum absolute atomic E-state index is 0.00843. The number of ether oxygens (including phenoxy) is 1. The molecule has 0 heterocycles. The molecule has 0 fully saturated rings. The van der Waals surface area contributed by atoms with Gasteiger partial charge in [0.05, 0.1) is 22.2 Å². The molecule has 2 aromatic carbocycles. The summed E-state index contributed by atoms with van der Waals surface area (Å²) in [4.78, 5) is 26.6. The summed E-state index contributed by atoms with van der Waals surface area (Å²) in [6, 6.07) is 7.05. The second-order valence-electron chi connectivity index (χ2n) is 5.26. The van der Waals surface area contributed by atoms with Crippen LogP contribution in [0.1, 0.15) is 12.5 Å². The number of halogens is 3. The molecule has 0 bridgehead atoms. The number of nitrogens with zero attached hydrogens (tertiary/aromatic N) is 2. The minimum atomic E-state index is -0.931. The average molecular weight is 427 g/mol. The van der Waals surface area contributed by atoms with Crippen LogP contribution in [0.5, 0.6) is 0 Å². The highest BCUT2D eigenvalue weighted by Crippen LogP contribution is 2.34. The van der Waals surface area contributed by atoms with E-state index in [1.807, 2.05) is 0 Å². The Labute approximate surface area is 168 Å². The fourth-order valence-corrected chi connectivity index (χ4v) is 2.63. The van der Waals surface area contributed by atoms with E-state index >= 15 is 0 Å². The molecule has 0 radical (unpaired) electrons. The zero-order chi connectivity index (χ0) is 20.8. The molecule has 0 amide bonds. The number of benzene rings is 2. The molecule has 0 aliphatic rings. The highest BCUT2D eigenvalue weighted by molar-refractivity contribution is 6.37. The van der Waals surface area contributed by atoms with Gasteiger partial charge in [0, 0.05) is 17.8 Å². The summed E-state index contributed by atoms with van der Waals surface area (Å²) in [5.41, 5.74) is -0.813. The zero-order valence-corrected chi connectivity index (χ0v) is 15.9. The Balaban J connectivity index is 2.59. The SMILES string of the molecule is CCOC(=O)/C(C=Nc1ccc(F)cc1)=C(\O)c1cc([N+](=O)[O-])c(Cl)cc1Cl. The van der Waals surface area contributed by atoms with Crippen LogP contribution in [0, 0.1) is 15.9 Å². The van der Waals surface area contributed by atoms with Crippen LogP contribution in [0.25, 0.3) is 5.76 Å². The molecule has 0 atom stereocenters. The lowest BCUT2D eigenvalue weighted by atomic mass is 10.1. The largest absolute Gasteiger partial charge is 0.506 e. The average Bonchev–Trinajstić information content (AvgIpc) is 2.63. The number of carbonyl (C=O) groups excluding carboxylic acids is 1. The van der Waals surface area contributed by atoms with E-state index in [9.17, 15) is 24.4 Å². The summed E-state index contributed by atoms with van der Waals surface area (Å²) in [5, 5.41) is 21.3. The van der Waals surface area contributed by atoms with Gasteiger partial charge in [0.25, 0.3) is 5.69 Å². The van der Waals surface area contributed by atoms with E-state index in [-0.39, 0.29) is 22.2 Å². The first-order valence-corrected chi connectivity index (χ1v) is 8.54. The second-order valence-corrected chi connectivity index (χ2v) is 6.07. The fourth-order valence-electron chi connectivity index (χ4n) is 2.09. The topological polar surface area (TPSA) is 102 Å². The lowest BCUT2D eigenvalue weighted by molar-refractivity contribution is -0.384. The predicted molar refractivity (Wildman–Crippen MR) is 104 cm³/mol. The van der Waals surface area contributed by atoms with Crippen molar-refractivity contribution in [2.24, 2.45) is 4.99 Å². The molecule has 10 heteroatoms. The zero-order valence-electron chi connectivity index (χ0n) is 14.4. The third kappa shape index (κ3) is 5.05. The maximum absolute atomic E-state index is 13.0. The number of nitro benzene ring substituents is 1. The molecule has 0 aromatic heterocycles. The van der Waals surface area contributed by atoms with Crippen LogP contribution in [-0.4, -0.2) is 28.8 Å². The van der Waals surface area contributed by atoms with Crippen molar-refractivity contribution in [2.45, 2.75) is 6.92 Å². The summed E-state index contributed by atoms with van der Waals surface area (Å²) in [7, 11) is 0. The van der Waals surface area contributed by atoms with E-state index in [1.54, 1.807) is 6.92 Å². The predicted octanol–water partition coefficient (Wildman–Crippen LogP) is 5.28. The van der Waals surface area contributed by atoms with Crippen LogP contribution in [0.3, 0.4) is 0 Å². The maximum Gasteiger partial charge on any atom is 0.343 e. The van der Waals surface area contributed by atoms with Crippen LogP contribution in [-0.2, 0) is 9.53 Å². The third-order valence-electron chi connectivity index (χ3n) is 3.41. The molecule has 2 aromatic rings. The van der Waals surface area contributed by atoms with Gasteiger partial charge in [0.1, 0.15) is 22.2 Å². The molecule has 0 unspecified atom stereocenters. The highest BCUT2D eigenvalue weighted by atomic mass is 35.5. The quantitative estimate of drug-likeness (QED) is 0.169. The van der Waals surface area contributed by atoms with Crippen LogP contribution >= 0.6 is 23.2 Å². The first-order valence-electron chi connectivity index (χ1n) is 7.78. The smallest absolute Gasteiger partial charge is 0.343 e. The Morgan fingerprint density at radius 1 is 1.29 bits per heavy atom. The normalized spacial score (nSPS) is 12.0. The molecule has 0 saturated carbocycles. The lowest BCUT2D eigenvalue weighted by Crippen LogP contribution is -2.11. The number of aliphatic hydroxyl groups excluding tert-OH is 1. The summed E-state index contributed by atoms with van der Waals surface area (Å²) in [5.74, 6) is -2.09. The summed E-state index contributed by atoms with van der Waals surface area (Å²) >= 11 is 11.8. The minimum Gasteiger partial charge on any atom is -0.506 e. The van der Waals surface area contributed by atoms with Crippen LogP contribution < -0.4 is 0 Å². The van der Waals surface area contributed by atoms with E-state index in [4.69, 9.17) is 27.9 Å². The number of nitro groups is 1. The Bertz CT molecular complexity index is 975. The summed E-state index contributed by atoms with van der Waals surface area (Å²) in [6.07, 6.45) is 0.997. The molecule has 1 N–H and O–H groups in total. The van der Waals surface area contributed by atoms with E-state index in [0.717, 1.165) is 18.3 Å². The van der Waals surface area contributed by atoms with Gasteiger partial charge in [-0.1, -0.05) is 23.2 Å². The fraction of sp³-hybridized carbons (Fsp3) is 0.111. The Morgan fingerprint density at radius 2 is 1.93 bits per heavy atom. The lowest BCUT2D eigenvalue weighted by Gasteiger charge is -2.09. The number of rotatable bonds is 6. The van der Waals surface area contributed by atoms with Gasteiger partial charge in [0.15, 0.2) is 0 Å². The molecule has 146 valence electrons.